The van der Waals surface area contributed by atoms with Crippen LogP contribution in [0.25, 0.3) is 10.9 Å². The van der Waals surface area contributed by atoms with Gasteiger partial charge in [-0.05, 0) is 49.6 Å². The summed E-state index contributed by atoms with van der Waals surface area (Å²) in [5.41, 5.74) is 2.36. The number of aryl methyl sites for hydroxylation is 1. The van der Waals surface area contributed by atoms with Crippen molar-refractivity contribution in [3.05, 3.63) is 58.6 Å². The third kappa shape index (κ3) is 4.63. The predicted octanol–water partition coefficient (Wildman–Crippen LogP) is 3.89. The number of benzene rings is 1. The number of nitrogens with zero attached hydrogens (tertiary/aromatic N) is 2. The molecule has 0 bridgehead atoms. The molecule has 3 rings (SSSR count). The smallest absolute Gasteiger partial charge is 0.254 e. The maximum atomic E-state index is 12.3. The number of nitrogens with one attached hydrogen (secondary N) is 1. The Bertz CT molecular complexity index is 1050. The number of aromatic hydroxyl groups is 1. The number of fused-ring (bicyclic) bond motifs is 1. The molecule has 2 aromatic heterocycles. The molecule has 0 aliphatic rings. The van der Waals surface area contributed by atoms with E-state index in [1.807, 2.05) is 18.2 Å². The second-order valence-electron chi connectivity index (χ2n) is 7.63. The zero-order valence-corrected chi connectivity index (χ0v) is 16.6. The largest absolute Gasteiger partial charge is 0.508 e. The number of pyridine rings is 1. The van der Waals surface area contributed by atoms with Crippen molar-refractivity contribution >= 4 is 22.5 Å². The summed E-state index contributed by atoms with van der Waals surface area (Å²) in [6.07, 6.45) is 2.94. The van der Waals surface area contributed by atoms with Crippen molar-refractivity contribution in [1.29, 1.82) is 0 Å². The molecule has 0 atom stereocenters. The van der Waals surface area contributed by atoms with Crippen molar-refractivity contribution < 1.29 is 9.90 Å². The van der Waals surface area contributed by atoms with Crippen LogP contribution in [0, 0.1) is 12.8 Å². The van der Waals surface area contributed by atoms with Gasteiger partial charge in [-0.3, -0.25) is 9.59 Å². The van der Waals surface area contributed by atoms with Gasteiger partial charge in [0.2, 0.25) is 5.91 Å². The first-order chi connectivity index (χ1) is 13.3. The zero-order chi connectivity index (χ0) is 20.3. The van der Waals surface area contributed by atoms with E-state index in [1.54, 1.807) is 17.6 Å². The lowest BCUT2D eigenvalue weighted by Crippen LogP contribution is -2.22. The Kier molecular flexibility index (Phi) is 5.87. The standard InChI is InChI=1S/C22H27N3O3/c1-15(2)14-24-10-8-17-12-18(6-7-20(17)24)23-21(27)5-4-9-25-16(3)11-19(26)13-22(25)28/h6-8,10-13,15,26H,4-5,9,14H2,1-3H3,(H,23,27). The van der Waals surface area contributed by atoms with E-state index in [2.05, 4.69) is 36.0 Å². The highest BCUT2D eigenvalue weighted by atomic mass is 16.3. The van der Waals surface area contributed by atoms with Crippen molar-refractivity contribution in [3.8, 4) is 5.75 Å². The fourth-order valence-corrected chi connectivity index (χ4v) is 3.45. The molecule has 2 N–H and O–H groups in total. The van der Waals surface area contributed by atoms with E-state index < -0.39 is 0 Å². The van der Waals surface area contributed by atoms with E-state index >= 15 is 0 Å². The lowest BCUT2D eigenvalue weighted by atomic mass is 10.2. The van der Waals surface area contributed by atoms with Gasteiger partial charge in [-0.15, -0.1) is 0 Å². The quantitative estimate of drug-likeness (QED) is 0.652. The fourth-order valence-electron chi connectivity index (χ4n) is 3.45. The Morgan fingerprint density at radius 3 is 2.68 bits per heavy atom. The van der Waals surface area contributed by atoms with E-state index in [9.17, 15) is 14.7 Å². The molecule has 6 heteroatoms. The molecule has 28 heavy (non-hydrogen) atoms. The van der Waals surface area contributed by atoms with Crippen LogP contribution in [0.1, 0.15) is 32.4 Å². The SMILES string of the molecule is Cc1cc(O)cc(=O)n1CCCC(=O)Nc1ccc2c(ccn2CC(C)C)c1. The molecule has 0 aliphatic heterocycles. The van der Waals surface area contributed by atoms with Crippen molar-refractivity contribution in [1.82, 2.24) is 9.13 Å². The second-order valence-corrected chi connectivity index (χ2v) is 7.63. The summed E-state index contributed by atoms with van der Waals surface area (Å²) in [4.78, 5) is 24.2. The highest BCUT2D eigenvalue weighted by Gasteiger charge is 2.08. The minimum Gasteiger partial charge on any atom is -0.508 e. The maximum Gasteiger partial charge on any atom is 0.254 e. The van der Waals surface area contributed by atoms with Gasteiger partial charge in [-0.1, -0.05) is 13.8 Å². The van der Waals surface area contributed by atoms with Gasteiger partial charge in [-0.25, -0.2) is 0 Å². The molecule has 0 saturated carbocycles. The molecule has 0 unspecified atom stereocenters. The van der Waals surface area contributed by atoms with Crippen LogP contribution in [0.4, 0.5) is 5.69 Å². The number of hydrogen-bond acceptors (Lipinski definition) is 3. The first kappa shape index (κ1) is 19.7. The Morgan fingerprint density at radius 2 is 1.96 bits per heavy atom. The second kappa shape index (κ2) is 8.33. The van der Waals surface area contributed by atoms with Gasteiger partial charge in [0.25, 0.3) is 5.56 Å². The van der Waals surface area contributed by atoms with Gasteiger partial charge in [0.05, 0.1) is 0 Å². The third-order valence-corrected chi connectivity index (χ3v) is 4.72. The van der Waals surface area contributed by atoms with Gasteiger partial charge >= 0.3 is 0 Å². The Balaban J connectivity index is 1.58. The van der Waals surface area contributed by atoms with E-state index in [0.717, 1.165) is 23.1 Å². The minimum absolute atomic E-state index is 0.0332. The number of rotatable bonds is 7. The number of hydrogen-bond donors (Lipinski definition) is 2. The Morgan fingerprint density at radius 1 is 1.18 bits per heavy atom. The van der Waals surface area contributed by atoms with Crippen LogP contribution in [0.15, 0.2) is 47.4 Å². The number of amides is 1. The van der Waals surface area contributed by atoms with Crippen LogP contribution in [-0.4, -0.2) is 20.1 Å². The lowest BCUT2D eigenvalue weighted by Gasteiger charge is -2.11. The number of anilines is 1. The number of carbonyl (C=O) groups excluding carboxylic acids is 1. The molecule has 148 valence electrons. The van der Waals surface area contributed by atoms with E-state index in [-0.39, 0.29) is 17.2 Å². The molecular formula is C22H27N3O3. The predicted molar refractivity (Wildman–Crippen MR) is 112 cm³/mol. The average molecular weight is 381 g/mol. The first-order valence-corrected chi connectivity index (χ1v) is 9.62. The molecule has 1 aromatic carbocycles. The Labute approximate surface area is 164 Å². The monoisotopic (exact) mass is 381 g/mol. The van der Waals surface area contributed by atoms with Crippen LogP contribution in [0.5, 0.6) is 5.75 Å². The molecule has 0 fully saturated rings. The van der Waals surface area contributed by atoms with Crippen LogP contribution < -0.4 is 10.9 Å². The summed E-state index contributed by atoms with van der Waals surface area (Å²) in [5, 5.41) is 13.5. The zero-order valence-electron chi connectivity index (χ0n) is 16.6. The lowest BCUT2D eigenvalue weighted by molar-refractivity contribution is -0.116. The number of aromatic nitrogens is 2. The van der Waals surface area contributed by atoms with E-state index in [4.69, 9.17) is 0 Å². The summed E-state index contributed by atoms with van der Waals surface area (Å²) in [7, 11) is 0. The third-order valence-electron chi connectivity index (χ3n) is 4.72. The van der Waals surface area contributed by atoms with Gasteiger partial charge in [0.15, 0.2) is 0 Å². The molecule has 2 heterocycles. The molecule has 1 amide bonds. The normalized spacial score (nSPS) is 11.3. The summed E-state index contributed by atoms with van der Waals surface area (Å²) >= 11 is 0. The molecule has 0 aliphatic carbocycles. The molecule has 6 nitrogen and oxygen atoms in total. The van der Waals surface area contributed by atoms with Crippen LogP contribution in [0.2, 0.25) is 0 Å². The average Bonchev–Trinajstić information content (AvgIpc) is 2.98. The molecule has 0 saturated heterocycles. The fraction of sp³-hybridized carbons (Fsp3) is 0.364. The Hall–Kier alpha value is -3.02. The van der Waals surface area contributed by atoms with E-state index in [0.29, 0.717) is 31.0 Å². The van der Waals surface area contributed by atoms with Crippen molar-refractivity contribution in [3.63, 3.8) is 0 Å². The molecule has 0 radical (unpaired) electrons. The topological polar surface area (TPSA) is 76.3 Å². The first-order valence-electron chi connectivity index (χ1n) is 9.62. The van der Waals surface area contributed by atoms with Gasteiger partial charge in [0.1, 0.15) is 5.75 Å². The highest BCUT2D eigenvalue weighted by Crippen LogP contribution is 2.21. The van der Waals surface area contributed by atoms with Gasteiger partial charge in [-0.2, -0.15) is 0 Å². The highest BCUT2D eigenvalue weighted by molar-refractivity contribution is 5.93. The summed E-state index contributed by atoms with van der Waals surface area (Å²) in [6, 6.07) is 10.7. The summed E-state index contributed by atoms with van der Waals surface area (Å²) in [5.74, 6) is 0.458. The van der Waals surface area contributed by atoms with Gasteiger partial charge in [0, 0.05) is 54.1 Å². The molecular weight excluding hydrogens is 354 g/mol. The van der Waals surface area contributed by atoms with Crippen LogP contribution in [-0.2, 0) is 17.9 Å². The van der Waals surface area contributed by atoms with Crippen molar-refractivity contribution in [2.75, 3.05) is 5.32 Å². The summed E-state index contributed by atoms with van der Waals surface area (Å²) in [6.45, 7) is 7.55. The van der Waals surface area contributed by atoms with Crippen molar-refractivity contribution in [2.24, 2.45) is 5.92 Å². The minimum atomic E-state index is -0.255. The maximum absolute atomic E-state index is 12.3. The summed E-state index contributed by atoms with van der Waals surface area (Å²) < 4.78 is 3.79. The van der Waals surface area contributed by atoms with E-state index in [1.165, 1.54) is 6.07 Å². The molecule has 0 spiro atoms. The molecule has 3 aromatic rings. The van der Waals surface area contributed by atoms with Crippen molar-refractivity contribution in [2.45, 2.75) is 46.7 Å². The van der Waals surface area contributed by atoms with Crippen LogP contribution in [0.3, 0.4) is 0 Å². The van der Waals surface area contributed by atoms with Crippen LogP contribution >= 0.6 is 0 Å². The number of carbonyl (C=O) groups is 1. The van der Waals surface area contributed by atoms with Gasteiger partial charge < -0.3 is 19.6 Å².